The van der Waals surface area contributed by atoms with Gasteiger partial charge >= 0.3 is 0 Å². The summed E-state index contributed by atoms with van der Waals surface area (Å²) in [6.45, 7) is 16.5. The Morgan fingerprint density at radius 3 is 0.954 bits per heavy atom. The molecule has 0 aliphatic heterocycles. The van der Waals surface area contributed by atoms with Gasteiger partial charge in [0, 0.05) is 56.9 Å². The van der Waals surface area contributed by atoms with E-state index in [-0.39, 0.29) is 59.7 Å². The van der Waals surface area contributed by atoms with Gasteiger partial charge in [0.05, 0.1) is 10.6 Å². The summed E-state index contributed by atoms with van der Waals surface area (Å²) in [5, 5.41) is 55.5. The van der Waals surface area contributed by atoms with E-state index in [9.17, 15) is 24.0 Å². The van der Waals surface area contributed by atoms with Gasteiger partial charge in [0.15, 0.2) is 0 Å². The smallest absolute Gasteiger partial charge is 0.249 e. The van der Waals surface area contributed by atoms with Crippen molar-refractivity contribution in [2.24, 2.45) is 28.7 Å². The molecule has 0 radical (unpaired) electrons. The monoisotopic (exact) mass is 1520 g/mol. The molecule has 0 unspecified atom stereocenters. The molecule has 0 spiro atoms. The molecular formula is C78H105ClN20O10. The lowest BCUT2D eigenvalue weighted by Crippen LogP contribution is -2.26. The van der Waals surface area contributed by atoms with Crippen LogP contribution in [0.25, 0.3) is 57.3 Å². The Hall–Kier alpha value is -10.8. The summed E-state index contributed by atoms with van der Waals surface area (Å²) >= 11 is 6.12. The molecule has 5 amide bonds. The van der Waals surface area contributed by atoms with Gasteiger partial charge in [0.2, 0.25) is 88.4 Å². The second kappa shape index (κ2) is 47.8. The van der Waals surface area contributed by atoms with E-state index in [1.165, 1.54) is 40.2 Å². The van der Waals surface area contributed by atoms with Crippen molar-refractivity contribution in [3.63, 3.8) is 0 Å². The summed E-state index contributed by atoms with van der Waals surface area (Å²) in [5.41, 5.74) is 35.1. The van der Waals surface area contributed by atoms with Crippen LogP contribution in [0.3, 0.4) is 0 Å². The van der Waals surface area contributed by atoms with Gasteiger partial charge in [-0.05, 0) is 210 Å². The first-order valence-electron chi connectivity index (χ1n) is 36.7. The molecule has 10 rings (SSSR count). The quantitative estimate of drug-likeness (QED) is 0.0165. The molecule has 5 aromatic carbocycles. The van der Waals surface area contributed by atoms with Gasteiger partial charge in [-0.3, -0.25) is 24.0 Å². The van der Waals surface area contributed by atoms with Crippen LogP contribution in [0, 0.1) is 20.8 Å². The minimum absolute atomic E-state index is 0.117. The molecule has 0 saturated heterocycles. The van der Waals surface area contributed by atoms with Gasteiger partial charge in [-0.2, -0.15) is 0 Å². The van der Waals surface area contributed by atoms with Crippen molar-refractivity contribution in [1.82, 2.24) is 77.6 Å². The van der Waals surface area contributed by atoms with E-state index >= 15 is 0 Å². The van der Waals surface area contributed by atoms with Crippen molar-refractivity contribution >= 4 is 41.1 Å². The highest BCUT2D eigenvalue weighted by molar-refractivity contribution is 6.33. The van der Waals surface area contributed by atoms with Crippen LogP contribution in [0.5, 0.6) is 0 Å². The van der Waals surface area contributed by atoms with E-state index in [2.05, 4.69) is 77.6 Å². The number of aromatic nitrogens is 10. The van der Waals surface area contributed by atoms with E-state index in [1.807, 2.05) is 142 Å². The van der Waals surface area contributed by atoms with Crippen molar-refractivity contribution < 1.29 is 46.1 Å². The van der Waals surface area contributed by atoms with Gasteiger partial charge < -0.3 is 77.3 Å². The number of nitrogens with one attached hydrogen (secondary N) is 5. The predicted octanol–water partition coefficient (Wildman–Crippen LogP) is 11.8. The van der Waals surface area contributed by atoms with Crippen LogP contribution >= 0.6 is 11.6 Å². The standard InChI is InChI=1S/3C16H22N4O2.C15H19ClN4O2.C15H20N4O2/c1-11-6-5-7-13(10-11)15-19-20-16(22-15)14(18-12(2)21)8-3-4-9-17;1-11-7-3-4-8-13(11)15-19-20-16(22-15)14(18-12(2)21)9-5-6-10-17;1-11-6-8-13(9-7-11)15-19-20-16(22-15)14(18-12(2)21)5-3-4-10-17;1-10(21)18-13(8-4-5-9-17)15-20-19-14(22-15)11-6-2-3-7-12(11)16;1-11(20)17-13(9-5-6-10-16)15-19-18-14(21-15)12-7-3-2-4-8-12/h5-7,10,14H,3-4,8-9,17H2,1-2H3,(H,18,21);3-4,7-8,14H,5-6,9-10,17H2,1-2H3,(H,18,21);6-9,14H,3-5,10,17H2,1-2H3,(H,18,21);2-3,6-7,13H,4-5,8-9,17H2,1H3,(H,18,21);2-4,7-8,13H,5-6,9-10,16H2,1H3,(H,17,20)/t3*14-;2*13-/m00000/s1. The molecule has 0 aliphatic carbocycles. The summed E-state index contributed by atoms with van der Waals surface area (Å²) < 4.78 is 28.6. The van der Waals surface area contributed by atoms with E-state index in [1.54, 1.807) is 6.07 Å². The summed E-state index contributed by atoms with van der Waals surface area (Å²) in [6, 6.07) is 38.9. The SMILES string of the molecule is CC(=O)N[C@@H](CCCCN)c1nnc(-c2ccc(C)cc2)o1.CC(=O)N[C@@H](CCCCN)c1nnc(-c2cccc(C)c2)o1.CC(=O)N[C@@H](CCCCN)c1nnc(-c2ccccc2)o1.CC(=O)N[C@@H](CCCCN)c1nnc(-c2ccccc2C)o1.CC(=O)N[C@@H](CCCCN)c1nnc(-c2ccccc2Cl)o1. The fraction of sp³-hybridized carbons (Fsp3) is 0.423. The van der Waals surface area contributed by atoms with Crippen LogP contribution in [-0.4, -0.2) is 113 Å². The summed E-state index contributed by atoms with van der Waals surface area (Å²) in [7, 11) is 0. The minimum Gasteiger partial charge on any atom is -0.418 e. The van der Waals surface area contributed by atoms with Crippen LogP contribution in [0.2, 0.25) is 5.02 Å². The van der Waals surface area contributed by atoms with Crippen LogP contribution in [0.15, 0.2) is 149 Å². The van der Waals surface area contributed by atoms with Crippen molar-refractivity contribution in [3.8, 4) is 57.3 Å². The minimum atomic E-state index is -0.312. The van der Waals surface area contributed by atoms with E-state index in [0.717, 1.165) is 123 Å². The molecule has 15 N–H and O–H groups in total. The molecule has 5 aromatic heterocycles. The van der Waals surface area contributed by atoms with Crippen LogP contribution in [0.4, 0.5) is 0 Å². The molecule has 0 aliphatic rings. The molecule has 0 bridgehead atoms. The second-order valence-electron chi connectivity index (χ2n) is 25.8. The lowest BCUT2D eigenvalue weighted by atomic mass is 10.1. The molecule has 30 nitrogen and oxygen atoms in total. The Bertz CT molecular complexity index is 4210. The normalized spacial score (nSPS) is 12.1. The topological polar surface area (TPSA) is 470 Å². The van der Waals surface area contributed by atoms with Gasteiger partial charge in [-0.15, -0.1) is 51.0 Å². The van der Waals surface area contributed by atoms with Gasteiger partial charge in [0.1, 0.15) is 30.2 Å². The molecule has 0 saturated carbocycles. The number of amides is 5. The number of unbranched alkanes of at least 4 members (excludes halogenated alkanes) is 5. The number of aryl methyl sites for hydroxylation is 3. The third-order valence-electron chi connectivity index (χ3n) is 16.4. The molecule has 5 atom stereocenters. The van der Waals surface area contributed by atoms with E-state index in [0.29, 0.717) is 109 Å². The van der Waals surface area contributed by atoms with Gasteiger partial charge in [0.25, 0.3) is 0 Å². The number of nitrogens with zero attached hydrogens (tertiary/aromatic N) is 10. The third-order valence-corrected chi connectivity index (χ3v) is 16.7. The Balaban J connectivity index is 0.000000213. The van der Waals surface area contributed by atoms with Crippen molar-refractivity contribution in [1.29, 1.82) is 0 Å². The fourth-order valence-corrected chi connectivity index (χ4v) is 11.1. The maximum absolute atomic E-state index is 11.4. The first-order valence-corrected chi connectivity index (χ1v) is 37.0. The lowest BCUT2D eigenvalue weighted by molar-refractivity contribution is -0.120. The van der Waals surface area contributed by atoms with Crippen molar-refractivity contribution in [2.75, 3.05) is 32.7 Å². The first-order chi connectivity index (χ1) is 52.6. The summed E-state index contributed by atoms with van der Waals surface area (Å²) in [5.74, 6) is 3.70. The molecule has 109 heavy (non-hydrogen) atoms. The van der Waals surface area contributed by atoms with Gasteiger partial charge in [-0.25, -0.2) is 0 Å². The summed E-state index contributed by atoms with van der Waals surface area (Å²) in [6.07, 6.45) is 12.5. The van der Waals surface area contributed by atoms with E-state index < -0.39 is 0 Å². The first kappa shape index (κ1) is 87.2. The number of nitrogens with two attached hydrogens (primary N) is 5. The Morgan fingerprint density at radius 2 is 0.615 bits per heavy atom. The zero-order valence-electron chi connectivity index (χ0n) is 63.5. The molecular weight excluding hydrogens is 1410 g/mol. The summed E-state index contributed by atoms with van der Waals surface area (Å²) in [4.78, 5) is 56.7. The third kappa shape index (κ3) is 30.8. The number of carbonyl (C=O) groups is 5. The Labute approximate surface area is 640 Å². The predicted molar refractivity (Wildman–Crippen MR) is 415 cm³/mol. The van der Waals surface area contributed by atoms with Crippen molar-refractivity contribution in [2.45, 2.75) is 182 Å². The van der Waals surface area contributed by atoms with Gasteiger partial charge in [-0.1, -0.05) is 95.5 Å². The fourth-order valence-electron chi connectivity index (χ4n) is 10.9. The molecule has 31 heteroatoms. The number of halogens is 1. The molecule has 0 fully saturated rings. The number of rotatable bonds is 35. The van der Waals surface area contributed by atoms with E-state index in [4.69, 9.17) is 62.4 Å². The molecule has 584 valence electrons. The van der Waals surface area contributed by atoms with Crippen LogP contribution in [0.1, 0.15) is 207 Å². The molecule has 10 aromatic rings. The zero-order valence-corrected chi connectivity index (χ0v) is 64.2. The van der Waals surface area contributed by atoms with Crippen LogP contribution in [-0.2, 0) is 24.0 Å². The number of carbonyl (C=O) groups excluding carboxylic acids is 5. The molecule has 5 heterocycles. The average molecular weight is 1520 g/mol. The highest BCUT2D eigenvalue weighted by atomic mass is 35.5. The number of hydrogen-bond donors (Lipinski definition) is 10. The highest BCUT2D eigenvalue weighted by Crippen LogP contribution is 2.31. The highest BCUT2D eigenvalue weighted by Gasteiger charge is 2.26. The second-order valence-corrected chi connectivity index (χ2v) is 26.2. The van der Waals surface area contributed by atoms with Crippen LogP contribution < -0.4 is 55.3 Å². The Kier molecular flexibility index (Phi) is 38.2. The largest absolute Gasteiger partial charge is 0.418 e. The zero-order chi connectivity index (χ0) is 78.9. The maximum Gasteiger partial charge on any atom is 0.249 e. The Morgan fingerprint density at radius 1 is 0.321 bits per heavy atom. The number of benzene rings is 5. The number of hydrogen-bond acceptors (Lipinski definition) is 25. The van der Waals surface area contributed by atoms with Crippen molar-refractivity contribution in [3.05, 3.63) is 179 Å². The maximum atomic E-state index is 11.4. The average Bonchev–Trinajstić information content (AvgIpc) is 1.73. The lowest BCUT2D eigenvalue weighted by Gasteiger charge is -2.13.